The lowest BCUT2D eigenvalue weighted by Crippen LogP contribution is -2.32. The first-order valence-electron chi connectivity index (χ1n) is 11.4. The van der Waals surface area contributed by atoms with Gasteiger partial charge in [0.1, 0.15) is 0 Å². The zero-order chi connectivity index (χ0) is 22.8. The number of methoxy groups -OCH3 is 1. The van der Waals surface area contributed by atoms with Gasteiger partial charge in [0, 0.05) is 61.2 Å². The van der Waals surface area contributed by atoms with Gasteiger partial charge in [-0.1, -0.05) is 36.4 Å². The Morgan fingerprint density at radius 2 is 1.91 bits per heavy atom. The van der Waals surface area contributed by atoms with Gasteiger partial charge in [0.2, 0.25) is 0 Å². The quantitative estimate of drug-likeness (QED) is 0.437. The zero-order valence-electron chi connectivity index (χ0n) is 18.9. The molecule has 0 atom stereocenters. The molecule has 3 aromatic rings. The van der Waals surface area contributed by atoms with Crippen LogP contribution in [-0.4, -0.2) is 40.8 Å². The van der Waals surface area contributed by atoms with Crippen molar-refractivity contribution < 1.29 is 14.7 Å². The van der Waals surface area contributed by atoms with E-state index in [-0.39, 0.29) is 0 Å². The summed E-state index contributed by atoms with van der Waals surface area (Å²) in [6.07, 6.45) is 7.57. The lowest BCUT2D eigenvalue weighted by Gasteiger charge is -2.29. The Kier molecular flexibility index (Phi) is 6.03. The Balaban J connectivity index is 1.41. The molecule has 1 amide bonds. The Morgan fingerprint density at radius 3 is 2.70 bits per heavy atom. The second-order valence-corrected chi connectivity index (χ2v) is 8.76. The van der Waals surface area contributed by atoms with E-state index in [1.807, 2.05) is 12.1 Å². The maximum Gasteiger partial charge on any atom is 0.274 e. The molecule has 2 N–H and O–H groups in total. The molecule has 0 fully saturated rings. The molecule has 0 unspecified atom stereocenters. The number of hydrogen-bond donors (Lipinski definition) is 2. The number of ether oxygens (including phenoxy) is 1. The van der Waals surface area contributed by atoms with Gasteiger partial charge in [-0.25, -0.2) is 5.48 Å². The number of carbonyl (C=O) groups is 1. The van der Waals surface area contributed by atoms with Crippen molar-refractivity contribution in [2.24, 2.45) is 0 Å². The normalized spacial score (nSPS) is 16.2. The van der Waals surface area contributed by atoms with Crippen LogP contribution in [0.15, 0.2) is 72.0 Å². The fraction of sp³-hybridized carbons (Fsp3) is 0.296. The van der Waals surface area contributed by atoms with Crippen LogP contribution in [0.5, 0.6) is 0 Å². The van der Waals surface area contributed by atoms with E-state index >= 15 is 0 Å². The fourth-order valence-corrected chi connectivity index (χ4v) is 5.05. The number of benzene rings is 2. The monoisotopic (exact) mass is 443 g/mol. The van der Waals surface area contributed by atoms with Crippen LogP contribution >= 0.6 is 0 Å². The molecule has 33 heavy (non-hydrogen) atoms. The van der Waals surface area contributed by atoms with E-state index in [1.165, 1.54) is 27.7 Å². The zero-order valence-corrected chi connectivity index (χ0v) is 18.9. The minimum atomic E-state index is -0.494. The molecule has 6 nitrogen and oxygen atoms in total. The Hall–Kier alpha value is -3.35. The van der Waals surface area contributed by atoms with E-state index in [9.17, 15) is 4.79 Å². The third kappa shape index (κ3) is 4.32. The third-order valence-corrected chi connectivity index (χ3v) is 6.71. The van der Waals surface area contributed by atoms with E-state index < -0.39 is 5.91 Å². The Morgan fingerprint density at radius 1 is 1.09 bits per heavy atom. The van der Waals surface area contributed by atoms with Gasteiger partial charge in [-0.15, -0.1) is 0 Å². The van der Waals surface area contributed by atoms with Gasteiger partial charge in [-0.3, -0.25) is 14.9 Å². The summed E-state index contributed by atoms with van der Waals surface area (Å²) in [7, 11) is 1.76. The number of amides is 1. The lowest BCUT2D eigenvalue weighted by atomic mass is 10.0. The van der Waals surface area contributed by atoms with Crippen LogP contribution in [0.1, 0.15) is 40.0 Å². The first-order chi connectivity index (χ1) is 16.2. The van der Waals surface area contributed by atoms with Crippen molar-refractivity contribution in [1.82, 2.24) is 14.9 Å². The molecule has 6 heteroatoms. The first-order valence-corrected chi connectivity index (χ1v) is 11.4. The lowest BCUT2D eigenvalue weighted by molar-refractivity contribution is 0.0706. The summed E-state index contributed by atoms with van der Waals surface area (Å²) in [5.41, 5.74) is 8.67. The second-order valence-electron chi connectivity index (χ2n) is 8.76. The predicted octanol–water partition coefficient (Wildman–Crippen LogP) is 4.42. The van der Waals surface area contributed by atoms with Crippen LogP contribution in [-0.2, 0) is 24.2 Å². The number of carbonyl (C=O) groups excluding carboxylic acids is 1. The summed E-state index contributed by atoms with van der Waals surface area (Å²) in [6, 6.07) is 16.0. The number of allylic oxidation sites excluding steroid dienone is 2. The van der Waals surface area contributed by atoms with Crippen LogP contribution < -0.4 is 5.48 Å². The van der Waals surface area contributed by atoms with E-state index in [0.717, 1.165) is 56.8 Å². The molecule has 5 rings (SSSR count). The van der Waals surface area contributed by atoms with Gasteiger partial charge in [-0.05, 0) is 47.4 Å². The van der Waals surface area contributed by atoms with Crippen LogP contribution in [0.4, 0.5) is 0 Å². The van der Waals surface area contributed by atoms with Gasteiger partial charge in [0.05, 0.1) is 12.9 Å². The van der Waals surface area contributed by atoms with E-state index in [1.54, 1.807) is 24.7 Å². The SMILES string of the molecule is COC1=CC(CN2CCc3c(c4ccccc4n3Cc3ccc(C(=O)NO)cc3)C2)=CCC1. The summed E-state index contributed by atoms with van der Waals surface area (Å²) < 4.78 is 7.90. The maximum absolute atomic E-state index is 11.6. The molecule has 2 heterocycles. The number of rotatable bonds is 6. The Labute approximate surface area is 193 Å². The summed E-state index contributed by atoms with van der Waals surface area (Å²) in [5.74, 6) is 0.579. The van der Waals surface area contributed by atoms with Crippen LogP contribution in [0, 0.1) is 0 Å². The van der Waals surface area contributed by atoms with Crippen molar-refractivity contribution in [3.05, 3.63) is 94.4 Å². The maximum atomic E-state index is 11.6. The van der Waals surface area contributed by atoms with Crippen molar-refractivity contribution in [2.75, 3.05) is 20.2 Å². The van der Waals surface area contributed by atoms with E-state index in [4.69, 9.17) is 9.94 Å². The standard InChI is InChI=1S/C27H29N3O3/c1-33-22-6-4-5-20(15-22)16-29-14-13-26-24(18-29)23-7-2-3-8-25(23)30(26)17-19-9-11-21(12-10-19)27(31)28-32/h2-3,5,7-12,15,32H,4,6,13-14,16-18H2,1H3,(H,28,31). The number of nitrogens with one attached hydrogen (secondary N) is 1. The molecule has 0 bridgehead atoms. The van der Waals surface area contributed by atoms with Crippen LogP contribution in [0.2, 0.25) is 0 Å². The third-order valence-electron chi connectivity index (χ3n) is 6.71. The van der Waals surface area contributed by atoms with E-state index in [2.05, 4.69) is 45.9 Å². The van der Waals surface area contributed by atoms with Crippen molar-refractivity contribution in [2.45, 2.75) is 32.4 Å². The van der Waals surface area contributed by atoms with Crippen molar-refractivity contribution in [3.63, 3.8) is 0 Å². The summed E-state index contributed by atoms with van der Waals surface area (Å²) in [4.78, 5) is 14.2. The molecule has 2 aromatic carbocycles. The topological polar surface area (TPSA) is 66.7 Å². The molecule has 2 aliphatic rings. The number of hydroxylamine groups is 1. The van der Waals surface area contributed by atoms with Crippen molar-refractivity contribution in [3.8, 4) is 0 Å². The molecule has 0 saturated heterocycles. The molecular formula is C27H29N3O3. The minimum Gasteiger partial charge on any atom is -0.501 e. The van der Waals surface area contributed by atoms with Gasteiger partial charge >= 0.3 is 0 Å². The molecule has 1 aliphatic carbocycles. The van der Waals surface area contributed by atoms with Crippen molar-refractivity contribution >= 4 is 16.8 Å². The molecule has 1 aliphatic heterocycles. The summed E-state index contributed by atoms with van der Waals surface area (Å²) in [6.45, 7) is 3.65. The number of fused-ring (bicyclic) bond motifs is 3. The number of nitrogens with zero attached hydrogens (tertiary/aromatic N) is 2. The molecule has 0 saturated carbocycles. The van der Waals surface area contributed by atoms with Gasteiger partial charge in [0.15, 0.2) is 0 Å². The highest BCUT2D eigenvalue weighted by Gasteiger charge is 2.24. The smallest absolute Gasteiger partial charge is 0.274 e. The average molecular weight is 444 g/mol. The molecule has 170 valence electrons. The molecule has 1 aromatic heterocycles. The highest BCUT2D eigenvalue weighted by molar-refractivity contribution is 5.93. The van der Waals surface area contributed by atoms with Crippen LogP contribution in [0.3, 0.4) is 0 Å². The average Bonchev–Trinajstić information content (AvgIpc) is 3.17. The number of aromatic nitrogens is 1. The van der Waals surface area contributed by atoms with Crippen molar-refractivity contribution in [1.29, 1.82) is 0 Å². The van der Waals surface area contributed by atoms with Gasteiger partial charge in [0.25, 0.3) is 5.91 Å². The predicted molar refractivity (Wildman–Crippen MR) is 128 cm³/mol. The first kappa shape index (κ1) is 21.5. The molecule has 0 spiro atoms. The second kappa shape index (κ2) is 9.25. The largest absolute Gasteiger partial charge is 0.501 e. The summed E-state index contributed by atoms with van der Waals surface area (Å²) in [5, 5.41) is 10.2. The number of para-hydroxylation sites is 1. The summed E-state index contributed by atoms with van der Waals surface area (Å²) >= 11 is 0. The van der Waals surface area contributed by atoms with Crippen LogP contribution in [0.25, 0.3) is 10.9 Å². The van der Waals surface area contributed by atoms with Gasteiger partial charge < -0.3 is 9.30 Å². The fourth-order valence-electron chi connectivity index (χ4n) is 5.05. The van der Waals surface area contributed by atoms with Gasteiger partial charge in [-0.2, -0.15) is 0 Å². The van der Waals surface area contributed by atoms with E-state index in [0.29, 0.717) is 5.56 Å². The number of hydrogen-bond acceptors (Lipinski definition) is 4. The molecule has 0 radical (unpaired) electrons. The Bertz CT molecular complexity index is 1240. The highest BCUT2D eigenvalue weighted by Crippen LogP contribution is 2.32. The minimum absolute atomic E-state index is 0.444. The molecular weight excluding hydrogens is 414 g/mol. The highest BCUT2D eigenvalue weighted by atomic mass is 16.5.